The third kappa shape index (κ3) is 3.82. The van der Waals surface area contributed by atoms with Crippen molar-refractivity contribution in [1.29, 1.82) is 0 Å². The minimum atomic E-state index is 0.269. The molecule has 0 radical (unpaired) electrons. The van der Waals surface area contributed by atoms with Gasteiger partial charge in [-0.05, 0) is 19.3 Å². The molecule has 0 amide bonds. The fourth-order valence-corrected chi connectivity index (χ4v) is 1.02. The van der Waals surface area contributed by atoms with Crippen LogP contribution in [-0.4, -0.2) is 36.6 Å². The van der Waals surface area contributed by atoms with Gasteiger partial charge in [-0.25, -0.2) is 0 Å². The number of aliphatic hydroxyl groups excluding tert-OH is 2. The molecule has 10 heavy (non-hydrogen) atoms. The molecule has 62 valence electrons. The molecule has 1 aliphatic heterocycles. The van der Waals surface area contributed by atoms with Crippen molar-refractivity contribution in [2.24, 2.45) is 0 Å². The van der Waals surface area contributed by atoms with Crippen LogP contribution in [0.5, 0.6) is 0 Å². The molecule has 0 aromatic rings. The molecule has 1 saturated heterocycles. The molecule has 1 fully saturated rings. The van der Waals surface area contributed by atoms with E-state index in [9.17, 15) is 0 Å². The third-order valence-corrected chi connectivity index (χ3v) is 1.48. The number of rotatable bonds is 2. The van der Waals surface area contributed by atoms with Crippen molar-refractivity contribution < 1.29 is 14.9 Å². The van der Waals surface area contributed by atoms with E-state index >= 15 is 0 Å². The minimum Gasteiger partial charge on any atom is -0.400 e. The van der Waals surface area contributed by atoms with Gasteiger partial charge in [-0.15, -0.1) is 0 Å². The zero-order chi connectivity index (χ0) is 7.82. The van der Waals surface area contributed by atoms with Crippen molar-refractivity contribution in [2.75, 3.05) is 20.3 Å². The molecular formula is C7H16O3. The van der Waals surface area contributed by atoms with Gasteiger partial charge in [0.15, 0.2) is 0 Å². The molecule has 1 heterocycles. The van der Waals surface area contributed by atoms with E-state index in [0.29, 0.717) is 6.10 Å². The van der Waals surface area contributed by atoms with Crippen LogP contribution < -0.4 is 0 Å². The Balaban J connectivity index is 0.000000371. The number of aliphatic hydroxyl groups is 2. The Kier molecular flexibility index (Phi) is 6.91. The zero-order valence-corrected chi connectivity index (χ0v) is 6.42. The van der Waals surface area contributed by atoms with Crippen LogP contribution in [-0.2, 0) is 4.74 Å². The molecule has 0 bridgehead atoms. The van der Waals surface area contributed by atoms with Crippen LogP contribution in [0, 0.1) is 0 Å². The van der Waals surface area contributed by atoms with E-state index in [1.807, 2.05) is 0 Å². The number of hydrogen-bond donors (Lipinski definition) is 2. The van der Waals surface area contributed by atoms with Crippen LogP contribution in [0.25, 0.3) is 0 Å². The van der Waals surface area contributed by atoms with Gasteiger partial charge in [-0.2, -0.15) is 0 Å². The van der Waals surface area contributed by atoms with Crippen molar-refractivity contribution in [1.82, 2.24) is 0 Å². The van der Waals surface area contributed by atoms with E-state index in [1.54, 1.807) is 0 Å². The van der Waals surface area contributed by atoms with Gasteiger partial charge in [-0.3, -0.25) is 0 Å². The molecule has 1 atom stereocenters. The highest BCUT2D eigenvalue weighted by molar-refractivity contribution is 4.63. The summed E-state index contributed by atoms with van der Waals surface area (Å²) in [6.45, 7) is 1.16. The average molecular weight is 148 g/mol. The van der Waals surface area contributed by atoms with E-state index in [0.717, 1.165) is 26.6 Å². The van der Waals surface area contributed by atoms with Crippen molar-refractivity contribution in [3.05, 3.63) is 0 Å². The molecule has 3 heteroatoms. The Labute approximate surface area is 61.6 Å². The molecule has 1 aliphatic rings. The second kappa shape index (κ2) is 6.99. The maximum absolute atomic E-state index is 8.45. The van der Waals surface area contributed by atoms with Crippen LogP contribution >= 0.6 is 0 Å². The van der Waals surface area contributed by atoms with E-state index in [-0.39, 0.29) is 6.61 Å². The average Bonchev–Trinajstić information content (AvgIpc) is 2.46. The summed E-state index contributed by atoms with van der Waals surface area (Å²) < 4.78 is 5.23. The van der Waals surface area contributed by atoms with Gasteiger partial charge >= 0.3 is 0 Å². The molecule has 1 unspecified atom stereocenters. The van der Waals surface area contributed by atoms with Crippen molar-refractivity contribution >= 4 is 0 Å². The second-order valence-corrected chi connectivity index (χ2v) is 2.15. The lowest BCUT2D eigenvalue weighted by atomic mass is 10.2. The summed E-state index contributed by atoms with van der Waals surface area (Å²) >= 11 is 0. The van der Waals surface area contributed by atoms with E-state index in [2.05, 4.69) is 0 Å². The predicted molar refractivity (Wildman–Crippen MR) is 38.8 cm³/mol. The highest BCUT2D eigenvalue weighted by Gasteiger charge is 2.13. The van der Waals surface area contributed by atoms with Gasteiger partial charge in [0, 0.05) is 20.3 Å². The maximum Gasteiger partial charge on any atom is 0.0597 e. The molecule has 0 aliphatic carbocycles. The van der Waals surface area contributed by atoms with Crippen molar-refractivity contribution in [3.8, 4) is 0 Å². The fraction of sp³-hybridized carbons (Fsp3) is 1.00. The summed E-state index contributed by atoms with van der Waals surface area (Å²) in [4.78, 5) is 0. The van der Waals surface area contributed by atoms with E-state index < -0.39 is 0 Å². The van der Waals surface area contributed by atoms with Crippen LogP contribution in [0.15, 0.2) is 0 Å². The fourth-order valence-electron chi connectivity index (χ4n) is 1.02. The van der Waals surface area contributed by atoms with Gasteiger partial charge in [0.25, 0.3) is 0 Å². The summed E-state index contributed by atoms with van der Waals surface area (Å²) in [5.74, 6) is 0. The topological polar surface area (TPSA) is 49.7 Å². The highest BCUT2D eigenvalue weighted by atomic mass is 16.5. The molecule has 0 saturated carbocycles. The molecule has 0 spiro atoms. The summed E-state index contributed by atoms with van der Waals surface area (Å²) in [7, 11) is 1.00. The Morgan fingerprint density at radius 1 is 1.50 bits per heavy atom. The Hall–Kier alpha value is -0.120. The maximum atomic E-state index is 8.45. The standard InChI is InChI=1S/C6H12O2.CH4O/c7-4-3-6-2-1-5-8-6;1-2/h6-7H,1-5H2;2H,1H3. The zero-order valence-electron chi connectivity index (χ0n) is 6.42. The third-order valence-electron chi connectivity index (χ3n) is 1.48. The Morgan fingerprint density at radius 3 is 2.60 bits per heavy atom. The lowest BCUT2D eigenvalue weighted by molar-refractivity contribution is 0.0868. The molecule has 0 aromatic heterocycles. The van der Waals surface area contributed by atoms with Gasteiger partial charge in [0.05, 0.1) is 6.10 Å². The SMILES string of the molecule is CO.OCCC1CCCO1. The van der Waals surface area contributed by atoms with Crippen molar-refractivity contribution in [3.63, 3.8) is 0 Å². The van der Waals surface area contributed by atoms with Crippen LogP contribution in [0.4, 0.5) is 0 Å². The lowest BCUT2D eigenvalue weighted by Gasteiger charge is -2.03. The van der Waals surface area contributed by atoms with Crippen molar-refractivity contribution in [2.45, 2.75) is 25.4 Å². The van der Waals surface area contributed by atoms with Gasteiger partial charge in [0.2, 0.25) is 0 Å². The molecule has 1 rings (SSSR count). The largest absolute Gasteiger partial charge is 0.400 e. The number of ether oxygens (including phenoxy) is 1. The lowest BCUT2D eigenvalue weighted by Crippen LogP contribution is -2.06. The van der Waals surface area contributed by atoms with E-state index in [1.165, 1.54) is 6.42 Å². The first-order chi connectivity index (χ1) is 4.93. The van der Waals surface area contributed by atoms with Crippen LogP contribution in [0.1, 0.15) is 19.3 Å². The van der Waals surface area contributed by atoms with E-state index in [4.69, 9.17) is 14.9 Å². The monoisotopic (exact) mass is 148 g/mol. The first-order valence-electron chi connectivity index (χ1n) is 3.60. The van der Waals surface area contributed by atoms with Gasteiger partial charge in [0.1, 0.15) is 0 Å². The second-order valence-electron chi connectivity index (χ2n) is 2.15. The Morgan fingerprint density at radius 2 is 2.20 bits per heavy atom. The summed E-state index contributed by atoms with van der Waals surface area (Å²) in [6.07, 6.45) is 3.49. The number of hydrogen-bond acceptors (Lipinski definition) is 3. The quantitative estimate of drug-likeness (QED) is 0.586. The normalized spacial score (nSPS) is 23.7. The predicted octanol–water partition coefficient (Wildman–Crippen LogP) is 0.156. The summed E-state index contributed by atoms with van der Waals surface area (Å²) in [6, 6.07) is 0. The smallest absolute Gasteiger partial charge is 0.0597 e. The Bertz CT molecular complexity index is 59.9. The highest BCUT2D eigenvalue weighted by Crippen LogP contribution is 2.13. The van der Waals surface area contributed by atoms with Crippen LogP contribution in [0.3, 0.4) is 0 Å². The summed E-state index contributed by atoms with van der Waals surface area (Å²) in [5.41, 5.74) is 0. The first-order valence-corrected chi connectivity index (χ1v) is 3.60. The van der Waals surface area contributed by atoms with Crippen LogP contribution in [0.2, 0.25) is 0 Å². The first kappa shape index (κ1) is 9.88. The molecule has 3 nitrogen and oxygen atoms in total. The van der Waals surface area contributed by atoms with Gasteiger partial charge in [-0.1, -0.05) is 0 Å². The minimum absolute atomic E-state index is 0.269. The molecule has 2 N–H and O–H groups in total. The molecule has 0 aromatic carbocycles. The van der Waals surface area contributed by atoms with Gasteiger partial charge < -0.3 is 14.9 Å². The molecular weight excluding hydrogens is 132 g/mol. The summed E-state index contributed by atoms with van der Waals surface area (Å²) in [5, 5.41) is 15.4.